The van der Waals surface area contributed by atoms with Gasteiger partial charge in [0.1, 0.15) is 10.3 Å². The number of piperidine rings is 1. The molecule has 2 aromatic heterocycles. The van der Waals surface area contributed by atoms with E-state index in [-0.39, 0.29) is 11.8 Å². The zero-order valence-electron chi connectivity index (χ0n) is 14.6. The van der Waals surface area contributed by atoms with Crippen LogP contribution in [0.1, 0.15) is 18.4 Å². The summed E-state index contributed by atoms with van der Waals surface area (Å²) >= 11 is 1.60. The molecule has 6 heteroatoms. The number of aromatic nitrogens is 2. The van der Waals surface area contributed by atoms with Gasteiger partial charge >= 0.3 is 0 Å². The van der Waals surface area contributed by atoms with Crippen molar-refractivity contribution in [1.29, 1.82) is 0 Å². The predicted molar refractivity (Wildman–Crippen MR) is 106 cm³/mol. The van der Waals surface area contributed by atoms with Crippen molar-refractivity contribution in [2.24, 2.45) is 5.92 Å². The average Bonchev–Trinajstić information content (AvgIpc) is 3.13. The number of hydrogen-bond acceptors (Lipinski definition) is 5. The minimum absolute atomic E-state index is 0.0273. The minimum atomic E-state index is 0.0273. The number of carbonyl (C=O) groups is 1. The molecule has 3 aromatic rings. The molecule has 1 atom stereocenters. The number of benzene rings is 1. The van der Waals surface area contributed by atoms with Crippen LogP contribution >= 0.6 is 11.3 Å². The van der Waals surface area contributed by atoms with Gasteiger partial charge in [-0.05, 0) is 37.0 Å². The molecule has 1 N–H and O–H groups in total. The zero-order chi connectivity index (χ0) is 17.8. The third-order valence-corrected chi connectivity index (χ3v) is 5.81. The summed E-state index contributed by atoms with van der Waals surface area (Å²) in [4.78, 5) is 24.8. The molecule has 5 nitrogen and oxygen atoms in total. The maximum absolute atomic E-state index is 12.6. The summed E-state index contributed by atoms with van der Waals surface area (Å²) in [5.41, 5.74) is 2.18. The lowest BCUT2D eigenvalue weighted by Gasteiger charge is -2.31. The highest BCUT2D eigenvalue weighted by atomic mass is 32.1. The molecule has 0 radical (unpaired) electrons. The second-order valence-electron chi connectivity index (χ2n) is 6.64. The van der Waals surface area contributed by atoms with Crippen LogP contribution in [0, 0.1) is 5.92 Å². The first-order valence-corrected chi connectivity index (χ1v) is 9.89. The summed E-state index contributed by atoms with van der Waals surface area (Å²) in [5.74, 6) is 0.185. The summed E-state index contributed by atoms with van der Waals surface area (Å²) in [6.45, 7) is 2.37. The van der Waals surface area contributed by atoms with Gasteiger partial charge in [0, 0.05) is 25.8 Å². The van der Waals surface area contributed by atoms with Crippen molar-refractivity contribution in [2.45, 2.75) is 19.3 Å². The fraction of sp³-hybridized carbons (Fsp3) is 0.350. The molecule has 1 saturated heterocycles. The van der Waals surface area contributed by atoms with E-state index in [1.54, 1.807) is 17.5 Å². The highest BCUT2D eigenvalue weighted by molar-refractivity contribution is 7.21. The molecule has 1 fully saturated rings. The SMILES string of the molecule is O=C(NCCc1ccccc1)C1CCCN(c2nc3cccnc3s2)C1. The molecule has 26 heavy (non-hydrogen) atoms. The lowest BCUT2D eigenvalue weighted by molar-refractivity contribution is -0.125. The molecule has 0 saturated carbocycles. The summed E-state index contributed by atoms with van der Waals surface area (Å²) in [7, 11) is 0. The number of nitrogens with zero attached hydrogens (tertiary/aromatic N) is 3. The fourth-order valence-electron chi connectivity index (χ4n) is 3.38. The number of fused-ring (bicyclic) bond motifs is 1. The van der Waals surface area contributed by atoms with Crippen molar-refractivity contribution < 1.29 is 4.79 Å². The largest absolute Gasteiger partial charge is 0.355 e. The lowest BCUT2D eigenvalue weighted by Crippen LogP contribution is -2.43. The Morgan fingerprint density at radius 3 is 2.96 bits per heavy atom. The van der Waals surface area contributed by atoms with Gasteiger partial charge in [0.15, 0.2) is 5.13 Å². The van der Waals surface area contributed by atoms with Gasteiger partial charge in [-0.3, -0.25) is 4.79 Å². The molecule has 4 rings (SSSR count). The van der Waals surface area contributed by atoms with Crippen LogP contribution in [0.5, 0.6) is 0 Å². The van der Waals surface area contributed by atoms with Gasteiger partial charge in [0.2, 0.25) is 5.91 Å². The van der Waals surface area contributed by atoms with Crippen molar-refractivity contribution in [1.82, 2.24) is 15.3 Å². The molecule has 1 aliphatic heterocycles. The first kappa shape index (κ1) is 17.0. The molecular weight excluding hydrogens is 344 g/mol. The maximum Gasteiger partial charge on any atom is 0.224 e. The van der Waals surface area contributed by atoms with Crippen LogP contribution < -0.4 is 10.2 Å². The summed E-state index contributed by atoms with van der Waals surface area (Å²) in [5, 5.41) is 4.08. The maximum atomic E-state index is 12.6. The number of anilines is 1. The average molecular weight is 366 g/mol. The second kappa shape index (κ2) is 7.83. The predicted octanol–water partition coefficient (Wildman–Crippen LogP) is 3.27. The van der Waals surface area contributed by atoms with E-state index < -0.39 is 0 Å². The molecule has 0 aliphatic carbocycles. The third-order valence-electron chi connectivity index (χ3n) is 4.77. The van der Waals surface area contributed by atoms with E-state index >= 15 is 0 Å². The smallest absolute Gasteiger partial charge is 0.224 e. The Kier molecular flexibility index (Phi) is 5.11. The summed E-state index contributed by atoms with van der Waals surface area (Å²) in [6.07, 6.45) is 4.62. The monoisotopic (exact) mass is 366 g/mol. The van der Waals surface area contributed by atoms with Crippen molar-refractivity contribution >= 4 is 32.7 Å². The molecule has 1 aromatic carbocycles. The van der Waals surface area contributed by atoms with Crippen LogP contribution in [0.25, 0.3) is 10.3 Å². The van der Waals surface area contributed by atoms with Crippen molar-refractivity contribution in [2.75, 3.05) is 24.5 Å². The molecule has 134 valence electrons. The van der Waals surface area contributed by atoms with E-state index in [2.05, 4.69) is 32.3 Å². The van der Waals surface area contributed by atoms with Crippen LogP contribution in [0.2, 0.25) is 0 Å². The number of nitrogens with one attached hydrogen (secondary N) is 1. The Labute approximate surface area is 157 Å². The van der Waals surface area contributed by atoms with Crippen LogP contribution in [0.3, 0.4) is 0 Å². The Morgan fingerprint density at radius 1 is 1.23 bits per heavy atom. The van der Waals surface area contributed by atoms with Gasteiger partial charge in [0.05, 0.1) is 5.92 Å². The highest BCUT2D eigenvalue weighted by Gasteiger charge is 2.27. The Bertz CT molecular complexity index is 847. The number of rotatable bonds is 5. The standard InChI is InChI=1S/C20H22N4OS/c25-18(21-12-10-15-6-2-1-3-7-15)16-8-5-13-24(14-16)20-23-17-9-4-11-22-19(17)26-20/h1-4,6-7,9,11,16H,5,8,10,12-14H2,(H,21,25). The topological polar surface area (TPSA) is 58.1 Å². The van der Waals surface area contributed by atoms with Crippen molar-refractivity contribution in [3.8, 4) is 0 Å². The minimum Gasteiger partial charge on any atom is -0.355 e. The first-order chi connectivity index (χ1) is 12.8. The summed E-state index contributed by atoms with van der Waals surface area (Å²) < 4.78 is 0. The third kappa shape index (κ3) is 3.85. The zero-order valence-corrected chi connectivity index (χ0v) is 15.4. The molecule has 3 heterocycles. The van der Waals surface area contributed by atoms with E-state index in [4.69, 9.17) is 0 Å². The molecule has 1 amide bonds. The van der Waals surface area contributed by atoms with Gasteiger partial charge in [-0.1, -0.05) is 41.7 Å². The van der Waals surface area contributed by atoms with Crippen LogP contribution in [-0.4, -0.2) is 35.5 Å². The van der Waals surface area contributed by atoms with Crippen LogP contribution in [0.4, 0.5) is 5.13 Å². The Hall–Kier alpha value is -2.47. The highest BCUT2D eigenvalue weighted by Crippen LogP contribution is 2.30. The molecule has 1 aliphatic rings. The van der Waals surface area contributed by atoms with Gasteiger partial charge in [-0.25, -0.2) is 9.97 Å². The molecule has 0 spiro atoms. The van der Waals surface area contributed by atoms with E-state index in [0.29, 0.717) is 6.54 Å². The van der Waals surface area contributed by atoms with Crippen molar-refractivity contribution in [3.63, 3.8) is 0 Å². The quantitative estimate of drug-likeness (QED) is 0.753. The number of pyridine rings is 1. The van der Waals surface area contributed by atoms with E-state index in [9.17, 15) is 4.79 Å². The Balaban J connectivity index is 1.34. The number of carbonyl (C=O) groups excluding carboxylic acids is 1. The lowest BCUT2D eigenvalue weighted by atomic mass is 9.97. The number of amides is 1. The number of thiazole rings is 1. The molecule has 1 unspecified atom stereocenters. The van der Waals surface area contributed by atoms with Gasteiger partial charge in [-0.2, -0.15) is 0 Å². The first-order valence-electron chi connectivity index (χ1n) is 9.08. The van der Waals surface area contributed by atoms with Gasteiger partial charge in [0.25, 0.3) is 0 Å². The second-order valence-corrected chi connectivity index (χ2v) is 7.59. The van der Waals surface area contributed by atoms with Gasteiger partial charge in [-0.15, -0.1) is 0 Å². The summed E-state index contributed by atoms with van der Waals surface area (Å²) in [6, 6.07) is 14.2. The van der Waals surface area contributed by atoms with E-state index in [0.717, 1.165) is 47.8 Å². The van der Waals surface area contributed by atoms with E-state index in [1.807, 2.05) is 30.3 Å². The van der Waals surface area contributed by atoms with E-state index in [1.165, 1.54) is 5.56 Å². The van der Waals surface area contributed by atoms with Crippen LogP contribution in [0.15, 0.2) is 48.7 Å². The fourth-order valence-corrected chi connectivity index (χ4v) is 4.32. The molecule has 0 bridgehead atoms. The normalized spacial score (nSPS) is 17.4. The molecular formula is C20H22N4OS. The van der Waals surface area contributed by atoms with Crippen LogP contribution in [-0.2, 0) is 11.2 Å². The van der Waals surface area contributed by atoms with Crippen molar-refractivity contribution in [3.05, 3.63) is 54.2 Å². The number of hydrogen-bond donors (Lipinski definition) is 1. The Morgan fingerprint density at radius 2 is 2.12 bits per heavy atom. The van der Waals surface area contributed by atoms with Gasteiger partial charge < -0.3 is 10.2 Å².